The quantitative estimate of drug-likeness (QED) is 0.759. The van der Waals surface area contributed by atoms with Crippen LogP contribution in [0.15, 0.2) is 72.2 Å². The van der Waals surface area contributed by atoms with Crippen molar-refractivity contribution in [2.24, 2.45) is 0 Å². The van der Waals surface area contributed by atoms with Crippen molar-refractivity contribution >= 4 is 11.7 Å². The normalized spacial score (nSPS) is 21.0. The number of carbonyl (C=O) groups is 1. The van der Waals surface area contributed by atoms with Gasteiger partial charge in [0.15, 0.2) is 5.78 Å². The van der Waals surface area contributed by atoms with Crippen molar-refractivity contribution in [3.63, 3.8) is 0 Å². The van der Waals surface area contributed by atoms with Crippen molar-refractivity contribution in [2.45, 2.75) is 24.8 Å². The summed E-state index contributed by atoms with van der Waals surface area (Å²) in [4.78, 5) is 17.7. The maximum Gasteiger partial charge on any atom is 0.226 e. The Bertz CT molecular complexity index is 1070. The number of para-hydroxylation sites is 1. The van der Waals surface area contributed by atoms with Crippen LogP contribution in [-0.4, -0.2) is 27.7 Å². The summed E-state index contributed by atoms with van der Waals surface area (Å²) in [6, 6.07) is 17.7. The van der Waals surface area contributed by atoms with Gasteiger partial charge in [-0.1, -0.05) is 48.5 Å². The van der Waals surface area contributed by atoms with E-state index in [4.69, 9.17) is 4.74 Å². The molecule has 2 aromatic carbocycles. The van der Waals surface area contributed by atoms with Crippen molar-refractivity contribution in [3.05, 3.63) is 83.3 Å². The Morgan fingerprint density at radius 1 is 1.07 bits per heavy atom. The second kappa shape index (κ2) is 6.64. The largest absolute Gasteiger partial charge is 0.496 e. The fourth-order valence-electron chi connectivity index (χ4n) is 4.29. The minimum atomic E-state index is -0.339. The number of hydrogen-bond donors (Lipinski definition) is 1. The summed E-state index contributed by atoms with van der Waals surface area (Å²) in [5.41, 5.74) is 3.79. The molecule has 2 heterocycles. The van der Waals surface area contributed by atoms with Crippen LogP contribution in [0.5, 0.6) is 5.75 Å². The molecule has 3 aromatic rings. The molecule has 0 saturated heterocycles. The molecule has 28 heavy (non-hydrogen) atoms. The summed E-state index contributed by atoms with van der Waals surface area (Å²) in [5, 5.41) is 7.75. The van der Waals surface area contributed by atoms with E-state index in [0.29, 0.717) is 12.4 Å². The molecule has 2 atom stereocenters. The molecule has 1 aliphatic heterocycles. The first-order chi connectivity index (χ1) is 13.8. The number of fused-ring (bicyclic) bond motifs is 1. The third-order valence-corrected chi connectivity index (χ3v) is 5.57. The number of nitrogens with zero attached hydrogens (tertiary/aromatic N) is 3. The highest BCUT2D eigenvalue weighted by Crippen LogP contribution is 2.45. The lowest BCUT2D eigenvalue weighted by molar-refractivity contribution is -0.116. The summed E-state index contributed by atoms with van der Waals surface area (Å²) >= 11 is 0. The lowest BCUT2D eigenvalue weighted by Crippen LogP contribution is -2.33. The number of methoxy groups -OCH3 is 1. The number of allylic oxidation sites excluding steroid dienone is 2. The van der Waals surface area contributed by atoms with Crippen molar-refractivity contribution < 1.29 is 9.53 Å². The first-order valence-corrected chi connectivity index (χ1v) is 9.37. The maximum atomic E-state index is 13.3. The number of hydrogen-bond acceptors (Lipinski definition) is 5. The Labute approximate surface area is 162 Å². The van der Waals surface area contributed by atoms with Gasteiger partial charge in [-0.2, -0.15) is 10.1 Å². The molecule has 5 rings (SSSR count). The number of ketones is 1. The molecule has 1 aromatic heterocycles. The summed E-state index contributed by atoms with van der Waals surface area (Å²) in [6.07, 6.45) is 2.77. The number of anilines is 1. The van der Waals surface area contributed by atoms with Crippen LogP contribution >= 0.6 is 0 Å². The zero-order valence-electron chi connectivity index (χ0n) is 15.5. The van der Waals surface area contributed by atoms with Crippen molar-refractivity contribution in [3.8, 4) is 5.75 Å². The van der Waals surface area contributed by atoms with Gasteiger partial charge in [0.25, 0.3) is 0 Å². The fourth-order valence-corrected chi connectivity index (χ4v) is 4.29. The first kappa shape index (κ1) is 16.7. The number of benzene rings is 2. The Hall–Kier alpha value is -3.41. The molecule has 0 amide bonds. The molecule has 0 fully saturated rings. The van der Waals surface area contributed by atoms with E-state index in [9.17, 15) is 4.79 Å². The molecule has 1 N–H and O–H groups in total. The summed E-state index contributed by atoms with van der Waals surface area (Å²) in [5.74, 6) is 1.68. The number of aromatic nitrogens is 3. The van der Waals surface area contributed by atoms with Crippen LogP contribution in [-0.2, 0) is 4.79 Å². The highest BCUT2D eigenvalue weighted by Gasteiger charge is 2.40. The molecule has 140 valence electrons. The smallest absolute Gasteiger partial charge is 0.226 e. The molecule has 6 heteroatoms. The van der Waals surface area contributed by atoms with E-state index in [1.54, 1.807) is 11.8 Å². The zero-order chi connectivity index (χ0) is 19.1. The highest BCUT2D eigenvalue weighted by molar-refractivity contribution is 6.00. The lowest BCUT2D eigenvalue weighted by Gasteiger charge is -2.35. The van der Waals surface area contributed by atoms with Gasteiger partial charge in [-0.3, -0.25) is 4.79 Å². The number of ether oxygens (including phenoxy) is 1. The monoisotopic (exact) mass is 372 g/mol. The Balaban J connectivity index is 1.63. The average Bonchev–Trinajstić information content (AvgIpc) is 3.21. The van der Waals surface area contributed by atoms with E-state index in [1.807, 2.05) is 42.5 Å². The van der Waals surface area contributed by atoms with Crippen molar-refractivity contribution in [1.29, 1.82) is 0 Å². The van der Waals surface area contributed by atoms with Crippen molar-refractivity contribution in [1.82, 2.24) is 14.8 Å². The van der Waals surface area contributed by atoms with Crippen LogP contribution in [0, 0.1) is 0 Å². The lowest BCUT2D eigenvalue weighted by atomic mass is 9.78. The molecule has 2 aliphatic rings. The molecule has 6 nitrogen and oxygen atoms in total. The molecule has 0 spiro atoms. The molecule has 0 radical (unpaired) electrons. The highest BCUT2D eigenvalue weighted by atomic mass is 16.5. The van der Waals surface area contributed by atoms with Gasteiger partial charge in [-0.05, 0) is 24.0 Å². The van der Waals surface area contributed by atoms with E-state index in [-0.39, 0.29) is 17.7 Å². The van der Waals surface area contributed by atoms with E-state index in [1.165, 1.54) is 11.9 Å². The first-order valence-electron chi connectivity index (χ1n) is 9.37. The molecule has 1 aliphatic carbocycles. The number of rotatable bonds is 3. The molecular weight excluding hydrogens is 352 g/mol. The zero-order valence-corrected chi connectivity index (χ0v) is 15.5. The summed E-state index contributed by atoms with van der Waals surface area (Å²) in [7, 11) is 1.64. The Morgan fingerprint density at radius 2 is 1.86 bits per heavy atom. The third kappa shape index (κ3) is 2.60. The minimum Gasteiger partial charge on any atom is -0.496 e. The molecule has 0 unspecified atom stereocenters. The van der Waals surface area contributed by atoms with Crippen LogP contribution in [0.2, 0.25) is 0 Å². The predicted octanol–water partition coefficient (Wildman–Crippen LogP) is 3.70. The van der Waals surface area contributed by atoms with E-state index >= 15 is 0 Å². The maximum absolute atomic E-state index is 13.3. The van der Waals surface area contributed by atoms with Crippen LogP contribution < -0.4 is 10.1 Å². The van der Waals surface area contributed by atoms with Crippen LogP contribution in [0.4, 0.5) is 5.95 Å². The second-order valence-electron chi connectivity index (χ2n) is 7.13. The topological polar surface area (TPSA) is 69.0 Å². The van der Waals surface area contributed by atoms with Crippen LogP contribution in [0.3, 0.4) is 0 Å². The number of nitrogens with one attached hydrogen (secondary N) is 1. The van der Waals surface area contributed by atoms with E-state index < -0.39 is 0 Å². The van der Waals surface area contributed by atoms with E-state index in [0.717, 1.165) is 29.0 Å². The van der Waals surface area contributed by atoms with Gasteiger partial charge in [-0.25, -0.2) is 4.68 Å². The standard InChI is InChI=1S/C22H20N4O2/c1-28-19-10-6-5-9-16(19)21-20-17(25-22-23-13-24-26(21)22)11-15(12-18(20)27)14-7-3-2-4-8-14/h2-10,13,15,21H,11-12H2,1H3,(H,23,24,25)/t15-,21+/m0/s1. The Morgan fingerprint density at radius 3 is 2.68 bits per heavy atom. The van der Waals surface area contributed by atoms with Crippen molar-refractivity contribution in [2.75, 3.05) is 12.4 Å². The molecule has 0 bridgehead atoms. The van der Waals surface area contributed by atoms with Gasteiger partial charge in [0.1, 0.15) is 18.1 Å². The fraction of sp³-hybridized carbons (Fsp3) is 0.227. The van der Waals surface area contributed by atoms with Gasteiger partial charge in [0.05, 0.1) is 7.11 Å². The number of Topliss-reactive ketones (excluding diaryl/α,β-unsaturated/α-hetero) is 1. The SMILES string of the molecule is COc1ccccc1[C@@H]1C2=C(C[C@H](c3ccccc3)CC2=O)Nc2ncnn21. The van der Waals surface area contributed by atoms with Gasteiger partial charge >= 0.3 is 0 Å². The van der Waals surface area contributed by atoms with Crippen LogP contribution in [0.25, 0.3) is 0 Å². The number of carbonyl (C=O) groups excluding carboxylic acids is 1. The molecule has 0 saturated carbocycles. The second-order valence-corrected chi connectivity index (χ2v) is 7.13. The van der Waals surface area contributed by atoms with E-state index in [2.05, 4.69) is 27.5 Å². The van der Waals surface area contributed by atoms with Gasteiger partial charge in [0.2, 0.25) is 5.95 Å². The summed E-state index contributed by atoms with van der Waals surface area (Å²) in [6.45, 7) is 0. The average molecular weight is 372 g/mol. The Kier molecular flexibility index (Phi) is 3.97. The summed E-state index contributed by atoms with van der Waals surface area (Å²) < 4.78 is 7.35. The van der Waals surface area contributed by atoms with Crippen LogP contribution in [0.1, 0.15) is 35.9 Å². The van der Waals surface area contributed by atoms with Gasteiger partial charge in [-0.15, -0.1) is 0 Å². The predicted molar refractivity (Wildman–Crippen MR) is 105 cm³/mol. The third-order valence-electron chi connectivity index (χ3n) is 5.57. The minimum absolute atomic E-state index is 0.139. The van der Waals surface area contributed by atoms with Gasteiger partial charge < -0.3 is 10.1 Å². The van der Waals surface area contributed by atoms with Gasteiger partial charge in [0, 0.05) is 23.3 Å². The molecular formula is C22H20N4O2.